The SMILES string of the molecule is C=C/C=C(\C=C/CC)c1ccccc1N(C)c1ccc(CN(/C(=N\N)c2ccccc2)c2ccc(C)cc2)cc1. The third-order valence-electron chi connectivity index (χ3n) is 6.83. The number of hydrogen-bond donors (Lipinski definition) is 1. The molecule has 0 aliphatic carbocycles. The van der Waals surface area contributed by atoms with Crippen LogP contribution in [0.1, 0.15) is 35.6 Å². The van der Waals surface area contributed by atoms with Crippen molar-refractivity contribution in [3.05, 3.63) is 156 Å². The van der Waals surface area contributed by atoms with Crippen LogP contribution in [0.2, 0.25) is 0 Å². The first-order valence-electron chi connectivity index (χ1n) is 13.6. The monoisotopic (exact) mass is 526 g/mol. The fourth-order valence-corrected chi connectivity index (χ4v) is 4.66. The zero-order valence-corrected chi connectivity index (χ0v) is 23.7. The number of benzene rings is 4. The second kappa shape index (κ2) is 13.8. The van der Waals surface area contributed by atoms with Crippen LogP contribution in [0.5, 0.6) is 0 Å². The van der Waals surface area contributed by atoms with Gasteiger partial charge in [-0.05, 0) is 54.8 Å². The minimum Gasteiger partial charge on any atom is -0.344 e. The van der Waals surface area contributed by atoms with Crippen LogP contribution in [-0.4, -0.2) is 12.9 Å². The highest BCUT2D eigenvalue weighted by atomic mass is 15.3. The molecule has 0 unspecified atom stereocenters. The lowest BCUT2D eigenvalue weighted by Crippen LogP contribution is -2.32. The second-order valence-electron chi connectivity index (χ2n) is 9.65. The number of hydrazone groups is 1. The molecule has 4 rings (SSSR count). The van der Waals surface area contributed by atoms with Gasteiger partial charge in [0.15, 0.2) is 5.84 Å². The zero-order chi connectivity index (χ0) is 28.3. The molecule has 0 amide bonds. The predicted molar refractivity (Wildman–Crippen MR) is 173 cm³/mol. The van der Waals surface area contributed by atoms with Crippen LogP contribution in [0, 0.1) is 6.92 Å². The quantitative estimate of drug-likeness (QED) is 0.0739. The lowest BCUT2D eigenvalue weighted by atomic mass is 10.0. The van der Waals surface area contributed by atoms with Gasteiger partial charge in [0, 0.05) is 41.8 Å². The lowest BCUT2D eigenvalue weighted by molar-refractivity contribution is 0.989. The van der Waals surface area contributed by atoms with Gasteiger partial charge < -0.3 is 15.6 Å². The summed E-state index contributed by atoms with van der Waals surface area (Å²) in [4.78, 5) is 4.39. The molecule has 0 saturated carbocycles. The molecule has 0 fully saturated rings. The van der Waals surface area contributed by atoms with Crippen LogP contribution in [0.15, 0.2) is 139 Å². The van der Waals surface area contributed by atoms with Gasteiger partial charge in [-0.25, -0.2) is 0 Å². The molecule has 0 aliphatic heterocycles. The Balaban J connectivity index is 1.64. The fourth-order valence-electron chi connectivity index (χ4n) is 4.66. The van der Waals surface area contributed by atoms with E-state index in [1.54, 1.807) is 0 Å². The summed E-state index contributed by atoms with van der Waals surface area (Å²) in [7, 11) is 2.11. The van der Waals surface area contributed by atoms with Gasteiger partial charge in [-0.2, -0.15) is 5.10 Å². The Bertz CT molecular complexity index is 1480. The molecule has 0 spiro atoms. The lowest BCUT2D eigenvalue weighted by Gasteiger charge is -2.27. The van der Waals surface area contributed by atoms with Gasteiger partial charge in [-0.1, -0.05) is 116 Å². The average Bonchev–Trinajstić information content (AvgIpc) is 3.00. The summed E-state index contributed by atoms with van der Waals surface area (Å²) in [6.45, 7) is 8.78. The Kier molecular flexibility index (Phi) is 9.73. The van der Waals surface area contributed by atoms with Gasteiger partial charge >= 0.3 is 0 Å². The van der Waals surface area contributed by atoms with E-state index in [-0.39, 0.29) is 0 Å². The fraction of sp³-hybridized carbons (Fsp3) is 0.139. The van der Waals surface area contributed by atoms with Gasteiger partial charge in [0.1, 0.15) is 0 Å². The Labute approximate surface area is 239 Å². The highest BCUT2D eigenvalue weighted by molar-refractivity contribution is 6.09. The highest BCUT2D eigenvalue weighted by Crippen LogP contribution is 2.33. The molecule has 2 N–H and O–H groups in total. The molecule has 0 radical (unpaired) electrons. The standard InChI is InChI=1S/C36H38N4/c1-5-7-14-30(13-6-2)34-17-11-12-18-35(34)39(4)32-25-21-29(22-26-32)27-40(33-23-19-28(3)20-24-33)36(38-37)31-15-9-8-10-16-31/h6-26H,2,5,27,37H2,1,3-4H3/b14-7-,30-13+,38-36-. The van der Waals surface area contributed by atoms with E-state index in [0.717, 1.165) is 51.6 Å². The minimum absolute atomic E-state index is 0.628. The van der Waals surface area contributed by atoms with Crippen LogP contribution in [0.3, 0.4) is 0 Å². The molecule has 4 nitrogen and oxygen atoms in total. The van der Waals surface area contributed by atoms with Crippen molar-refractivity contribution in [2.45, 2.75) is 26.8 Å². The molecule has 0 atom stereocenters. The van der Waals surface area contributed by atoms with E-state index in [4.69, 9.17) is 5.84 Å². The largest absolute Gasteiger partial charge is 0.344 e. The minimum atomic E-state index is 0.628. The van der Waals surface area contributed by atoms with Crippen molar-refractivity contribution < 1.29 is 0 Å². The number of amidine groups is 1. The second-order valence-corrected chi connectivity index (χ2v) is 9.65. The van der Waals surface area contributed by atoms with E-state index < -0.39 is 0 Å². The molecular formula is C36H38N4. The number of nitrogens with two attached hydrogens (primary N) is 1. The van der Waals surface area contributed by atoms with Gasteiger partial charge in [0.05, 0.1) is 0 Å². The Morgan fingerprint density at radius 3 is 2.15 bits per heavy atom. The first kappa shape index (κ1) is 28.2. The molecule has 0 heterocycles. The molecule has 0 aromatic heterocycles. The first-order chi connectivity index (χ1) is 19.5. The zero-order valence-electron chi connectivity index (χ0n) is 23.7. The molecule has 0 saturated heterocycles. The molecule has 0 aliphatic rings. The number of hydrogen-bond acceptors (Lipinski definition) is 3. The van der Waals surface area contributed by atoms with Crippen molar-refractivity contribution in [1.82, 2.24) is 0 Å². The summed E-state index contributed by atoms with van der Waals surface area (Å²) in [5.74, 6) is 6.69. The smallest absolute Gasteiger partial charge is 0.160 e. The highest BCUT2D eigenvalue weighted by Gasteiger charge is 2.17. The number of nitrogens with zero attached hydrogens (tertiary/aromatic N) is 3. The van der Waals surface area contributed by atoms with E-state index in [9.17, 15) is 0 Å². The number of para-hydroxylation sites is 1. The molecule has 4 heteroatoms. The van der Waals surface area contributed by atoms with Crippen molar-refractivity contribution in [2.24, 2.45) is 10.9 Å². The van der Waals surface area contributed by atoms with Gasteiger partial charge in [0.25, 0.3) is 0 Å². The summed E-state index contributed by atoms with van der Waals surface area (Å²) in [5, 5.41) is 4.22. The van der Waals surface area contributed by atoms with Crippen molar-refractivity contribution in [3.63, 3.8) is 0 Å². The van der Waals surface area contributed by atoms with Crippen LogP contribution >= 0.6 is 0 Å². The van der Waals surface area contributed by atoms with Crippen molar-refractivity contribution in [3.8, 4) is 0 Å². The Hall–Kier alpha value is -4.83. The summed E-state index contributed by atoms with van der Waals surface area (Å²) < 4.78 is 0. The Morgan fingerprint density at radius 2 is 1.50 bits per heavy atom. The van der Waals surface area contributed by atoms with Crippen LogP contribution in [0.4, 0.5) is 17.1 Å². The van der Waals surface area contributed by atoms with E-state index in [1.165, 1.54) is 5.56 Å². The summed E-state index contributed by atoms with van der Waals surface area (Å²) in [5.41, 5.74) is 8.91. The van der Waals surface area contributed by atoms with Crippen LogP contribution < -0.4 is 15.6 Å². The van der Waals surface area contributed by atoms with Crippen molar-refractivity contribution >= 4 is 28.5 Å². The molecule has 4 aromatic carbocycles. The number of aryl methyl sites for hydroxylation is 1. The van der Waals surface area contributed by atoms with E-state index in [0.29, 0.717) is 6.54 Å². The topological polar surface area (TPSA) is 44.9 Å². The van der Waals surface area contributed by atoms with E-state index in [1.807, 2.05) is 36.4 Å². The Morgan fingerprint density at radius 1 is 0.850 bits per heavy atom. The molecule has 4 aromatic rings. The molecule has 40 heavy (non-hydrogen) atoms. The third-order valence-corrected chi connectivity index (χ3v) is 6.83. The summed E-state index contributed by atoms with van der Waals surface area (Å²) >= 11 is 0. The molecule has 202 valence electrons. The van der Waals surface area contributed by atoms with E-state index >= 15 is 0 Å². The average molecular weight is 527 g/mol. The maximum atomic E-state index is 5.97. The van der Waals surface area contributed by atoms with Crippen LogP contribution in [-0.2, 0) is 6.54 Å². The maximum absolute atomic E-state index is 5.97. The molecule has 0 bridgehead atoms. The number of rotatable bonds is 10. The van der Waals surface area contributed by atoms with Gasteiger partial charge in [-0.15, -0.1) is 0 Å². The van der Waals surface area contributed by atoms with Crippen molar-refractivity contribution in [2.75, 3.05) is 16.8 Å². The van der Waals surface area contributed by atoms with Crippen LogP contribution in [0.25, 0.3) is 5.57 Å². The summed E-state index contributed by atoms with van der Waals surface area (Å²) in [6, 6.07) is 35.7. The van der Waals surface area contributed by atoms with Crippen molar-refractivity contribution in [1.29, 1.82) is 0 Å². The maximum Gasteiger partial charge on any atom is 0.160 e. The van der Waals surface area contributed by atoms with Gasteiger partial charge in [0.2, 0.25) is 0 Å². The van der Waals surface area contributed by atoms with Gasteiger partial charge in [-0.3, -0.25) is 0 Å². The normalized spacial score (nSPS) is 12.0. The third kappa shape index (κ3) is 6.78. The molecular weight excluding hydrogens is 488 g/mol. The number of allylic oxidation sites excluding steroid dienone is 5. The van der Waals surface area contributed by atoms with E-state index in [2.05, 4.69) is 133 Å². The first-order valence-corrected chi connectivity index (χ1v) is 13.6. The summed E-state index contributed by atoms with van der Waals surface area (Å²) in [6.07, 6.45) is 9.23. The predicted octanol–water partition coefficient (Wildman–Crippen LogP) is 8.63. The number of anilines is 3.